The van der Waals surface area contributed by atoms with Crippen molar-refractivity contribution >= 4 is 21.6 Å². The highest BCUT2D eigenvalue weighted by Gasteiger charge is 2.13. The van der Waals surface area contributed by atoms with E-state index in [2.05, 4.69) is 26.8 Å². The number of imidazole rings is 1. The van der Waals surface area contributed by atoms with Crippen molar-refractivity contribution in [3.8, 4) is 18.1 Å². The smallest absolute Gasteiger partial charge is 0.180 e. The maximum Gasteiger partial charge on any atom is 0.180 e. The predicted octanol–water partition coefficient (Wildman–Crippen LogP) is 4.13. The second kappa shape index (κ2) is 7.52. The highest BCUT2D eigenvalue weighted by Crippen LogP contribution is 2.24. The lowest BCUT2D eigenvalue weighted by Gasteiger charge is -2.09. The molecule has 0 amide bonds. The molecule has 0 aliphatic rings. The minimum atomic E-state index is 0.283. The minimum Gasteiger partial charge on any atom is -0.485 e. The Labute approximate surface area is 149 Å². The van der Waals surface area contributed by atoms with Crippen LogP contribution in [-0.2, 0) is 18.0 Å². The monoisotopic (exact) mass is 384 g/mol. The minimum absolute atomic E-state index is 0.283. The van der Waals surface area contributed by atoms with Crippen molar-refractivity contribution in [3.63, 3.8) is 0 Å². The Bertz CT molecular complexity index is 896. The lowest BCUT2D eigenvalue weighted by Crippen LogP contribution is -2.01. The zero-order valence-electron chi connectivity index (χ0n) is 13.3. The molecule has 0 fully saturated rings. The van der Waals surface area contributed by atoms with Crippen molar-refractivity contribution in [1.29, 1.82) is 0 Å². The lowest BCUT2D eigenvalue weighted by molar-refractivity contribution is 0.149. The number of fused-ring (bicyclic) bond motifs is 1. The molecule has 0 atom stereocenters. The second-order valence-corrected chi connectivity index (χ2v) is 6.14. The summed E-state index contributed by atoms with van der Waals surface area (Å²) in [7, 11) is 0. The summed E-state index contributed by atoms with van der Waals surface area (Å²) in [5.41, 5.74) is 3.75. The Kier molecular flexibility index (Phi) is 5.19. The van der Waals surface area contributed by atoms with Crippen molar-refractivity contribution in [1.82, 2.24) is 9.38 Å². The number of terminal acetylenes is 1. The third kappa shape index (κ3) is 3.45. The molecule has 0 bridgehead atoms. The molecule has 0 aliphatic carbocycles. The molecule has 2 heterocycles. The van der Waals surface area contributed by atoms with Gasteiger partial charge >= 0.3 is 0 Å². The average molecular weight is 385 g/mol. The Hall–Kier alpha value is -2.29. The van der Waals surface area contributed by atoms with Gasteiger partial charge in [-0.3, -0.25) is 4.40 Å². The van der Waals surface area contributed by atoms with Gasteiger partial charge in [0.25, 0.3) is 0 Å². The average Bonchev–Trinajstić information content (AvgIpc) is 2.91. The van der Waals surface area contributed by atoms with Gasteiger partial charge < -0.3 is 9.47 Å². The van der Waals surface area contributed by atoms with Gasteiger partial charge in [0.05, 0.1) is 18.0 Å². The first-order chi connectivity index (χ1) is 11.7. The van der Waals surface area contributed by atoms with Gasteiger partial charge in [-0.2, -0.15) is 0 Å². The van der Waals surface area contributed by atoms with Gasteiger partial charge in [0.15, 0.2) is 11.4 Å². The Morgan fingerprint density at radius 1 is 1.21 bits per heavy atom. The lowest BCUT2D eigenvalue weighted by atomic mass is 10.2. The number of hydrogen-bond acceptors (Lipinski definition) is 3. The fourth-order valence-electron chi connectivity index (χ4n) is 2.47. The Balaban J connectivity index is 1.85. The van der Waals surface area contributed by atoms with Gasteiger partial charge in [0.2, 0.25) is 0 Å². The SMILES string of the molecule is C#CCOCc1c(C)nc2c(OCc3ccccc3Br)cccn12. The normalized spacial score (nSPS) is 10.7. The molecule has 0 aliphatic heterocycles. The molecule has 0 radical (unpaired) electrons. The molecular formula is C19H17BrN2O2. The van der Waals surface area contributed by atoms with Crippen molar-refractivity contribution in [2.45, 2.75) is 20.1 Å². The van der Waals surface area contributed by atoms with Crippen LogP contribution in [0.2, 0.25) is 0 Å². The molecule has 2 aromatic heterocycles. The molecule has 0 spiro atoms. The molecule has 1 aromatic carbocycles. The largest absolute Gasteiger partial charge is 0.485 e. The van der Waals surface area contributed by atoms with Gasteiger partial charge in [-0.15, -0.1) is 6.42 Å². The van der Waals surface area contributed by atoms with E-state index in [9.17, 15) is 0 Å². The van der Waals surface area contributed by atoms with Gasteiger partial charge in [-0.05, 0) is 25.1 Å². The van der Waals surface area contributed by atoms with Gasteiger partial charge in [-0.25, -0.2) is 4.98 Å². The maximum absolute atomic E-state index is 5.99. The zero-order chi connectivity index (χ0) is 16.9. The third-order valence-electron chi connectivity index (χ3n) is 3.68. The maximum atomic E-state index is 5.99. The van der Waals surface area contributed by atoms with E-state index in [0.29, 0.717) is 13.2 Å². The second-order valence-electron chi connectivity index (χ2n) is 5.29. The predicted molar refractivity (Wildman–Crippen MR) is 96.9 cm³/mol. The van der Waals surface area contributed by atoms with Crippen LogP contribution in [0.5, 0.6) is 5.75 Å². The highest BCUT2D eigenvalue weighted by molar-refractivity contribution is 9.10. The number of nitrogens with zero attached hydrogens (tertiary/aromatic N) is 2. The number of benzene rings is 1. The van der Waals surface area contributed by atoms with Crippen LogP contribution in [0, 0.1) is 19.3 Å². The number of aryl methyl sites for hydroxylation is 1. The molecule has 3 aromatic rings. The quantitative estimate of drug-likeness (QED) is 0.473. The summed E-state index contributed by atoms with van der Waals surface area (Å²) in [5.74, 6) is 3.21. The fourth-order valence-corrected chi connectivity index (χ4v) is 2.87. The zero-order valence-corrected chi connectivity index (χ0v) is 14.9. The van der Waals surface area contributed by atoms with E-state index < -0.39 is 0 Å². The van der Waals surface area contributed by atoms with E-state index in [-0.39, 0.29) is 6.61 Å². The number of hydrogen-bond donors (Lipinski definition) is 0. The number of rotatable bonds is 6. The van der Waals surface area contributed by atoms with Crippen LogP contribution < -0.4 is 4.74 Å². The van der Waals surface area contributed by atoms with E-state index >= 15 is 0 Å². The van der Waals surface area contributed by atoms with Crippen LogP contribution in [0.1, 0.15) is 17.0 Å². The van der Waals surface area contributed by atoms with E-state index in [1.807, 2.05) is 53.9 Å². The number of aromatic nitrogens is 2. The van der Waals surface area contributed by atoms with E-state index in [0.717, 1.165) is 32.8 Å². The molecular weight excluding hydrogens is 368 g/mol. The number of pyridine rings is 1. The van der Waals surface area contributed by atoms with Gasteiger partial charge in [-0.1, -0.05) is 40.0 Å². The number of halogens is 1. The van der Waals surface area contributed by atoms with Gasteiger partial charge in [0.1, 0.15) is 13.2 Å². The van der Waals surface area contributed by atoms with E-state index in [1.54, 1.807) is 0 Å². The van der Waals surface area contributed by atoms with Crippen LogP contribution in [-0.4, -0.2) is 16.0 Å². The van der Waals surface area contributed by atoms with E-state index in [1.165, 1.54) is 0 Å². The summed E-state index contributed by atoms with van der Waals surface area (Å²) in [6.07, 6.45) is 7.18. The molecule has 0 saturated heterocycles. The van der Waals surface area contributed by atoms with Crippen LogP contribution in [0.4, 0.5) is 0 Å². The van der Waals surface area contributed by atoms with Crippen LogP contribution in [0.15, 0.2) is 47.1 Å². The van der Waals surface area contributed by atoms with Crippen LogP contribution in [0.25, 0.3) is 5.65 Å². The summed E-state index contributed by atoms with van der Waals surface area (Å²) in [6.45, 7) is 3.13. The molecule has 24 heavy (non-hydrogen) atoms. The van der Waals surface area contributed by atoms with Crippen molar-refractivity contribution in [3.05, 3.63) is 64.0 Å². The first-order valence-corrected chi connectivity index (χ1v) is 8.34. The van der Waals surface area contributed by atoms with Crippen molar-refractivity contribution in [2.24, 2.45) is 0 Å². The third-order valence-corrected chi connectivity index (χ3v) is 4.45. The molecule has 122 valence electrons. The van der Waals surface area contributed by atoms with Crippen LogP contribution in [0.3, 0.4) is 0 Å². The highest BCUT2D eigenvalue weighted by atomic mass is 79.9. The molecule has 5 heteroatoms. The van der Waals surface area contributed by atoms with E-state index in [4.69, 9.17) is 15.9 Å². The molecule has 3 rings (SSSR count). The summed E-state index contributed by atoms with van der Waals surface area (Å²) in [5, 5.41) is 0. The van der Waals surface area contributed by atoms with Crippen LogP contribution >= 0.6 is 15.9 Å². The van der Waals surface area contributed by atoms with Gasteiger partial charge in [0, 0.05) is 16.2 Å². The van der Waals surface area contributed by atoms with Crippen molar-refractivity contribution in [2.75, 3.05) is 6.61 Å². The molecule has 0 N–H and O–H groups in total. The first-order valence-electron chi connectivity index (χ1n) is 7.54. The summed E-state index contributed by atoms with van der Waals surface area (Å²) in [4.78, 5) is 4.62. The Morgan fingerprint density at radius 3 is 2.83 bits per heavy atom. The summed E-state index contributed by atoms with van der Waals surface area (Å²) in [6, 6.07) is 11.9. The standard InChI is InChI=1S/C19H17BrN2O2/c1-3-11-23-13-17-14(2)21-19-18(9-6-10-22(17)19)24-12-15-7-4-5-8-16(15)20/h1,4-10H,11-13H2,2H3. The Morgan fingerprint density at radius 2 is 2.04 bits per heavy atom. The fraction of sp³-hybridized carbons (Fsp3) is 0.211. The molecule has 4 nitrogen and oxygen atoms in total. The van der Waals surface area contributed by atoms with Crippen molar-refractivity contribution < 1.29 is 9.47 Å². The topological polar surface area (TPSA) is 35.8 Å². The summed E-state index contributed by atoms with van der Waals surface area (Å²) >= 11 is 3.54. The summed E-state index contributed by atoms with van der Waals surface area (Å²) < 4.78 is 14.5. The molecule has 0 saturated carbocycles. The first kappa shape index (κ1) is 16.6. The number of ether oxygens (including phenoxy) is 2. The molecule has 0 unspecified atom stereocenters.